The number of hydrogen-bond acceptors (Lipinski definition) is 1. The summed E-state index contributed by atoms with van der Waals surface area (Å²) in [6.07, 6.45) is 0. The first-order valence-electron chi connectivity index (χ1n) is 4.02. The minimum atomic E-state index is 1.09. The molecule has 0 aromatic heterocycles. The smallest absolute Gasteiger partial charge is 0.134 e. The van der Waals surface area contributed by atoms with Crippen LogP contribution in [0.1, 0.15) is 13.8 Å². The van der Waals surface area contributed by atoms with Crippen molar-refractivity contribution in [2.75, 3.05) is 40.9 Å². The van der Waals surface area contributed by atoms with E-state index in [4.69, 9.17) is 0 Å². The molecule has 0 aliphatic heterocycles. The zero-order valence-corrected chi connectivity index (χ0v) is 8.02. The minimum absolute atomic E-state index is 1.09. The van der Waals surface area contributed by atoms with E-state index in [1.165, 1.54) is 6.54 Å². The third-order valence-corrected chi connectivity index (χ3v) is 2.02. The van der Waals surface area contributed by atoms with Gasteiger partial charge < -0.3 is 4.48 Å². The highest BCUT2D eigenvalue weighted by molar-refractivity contribution is 4.36. The van der Waals surface area contributed by atoms with Gasteiger partial charge in [-0.1, -0.05) is 6.92 Å². The van der Waals surface area contributed by atoms with Crippen molar-refractivity contribution in [2.45, 2.75) is 13.8 Å². The first kappa shape index (κ1) is 9.92. The van der Waals surface area contributed by atoms with Gasteiger partial charge in [0.2, 0.25) is 0 Å². The third-order valence-electron chi connectivity index (χ3n) is 2.02. The standard InChI is InChI=1S/C8H21N2/c1-6-9(3)8-10(4,5)7-2/h6-8H2,1-5H3/q+1. The molecule has 0 aliphatic rings. The molecule has 10 heavy (non-hydrogen) atoms. The summed E-state index contributed by atoms with van der Waals surface area (Å²) < 4.78 is 1.09. The number of rotatable bonds is 4. The van der Waals surface area contributed by atoms with E-state index in [0.29, 0.717) is 0 Å². The summed E-state index contributed by atoms with van der Waals surface area (Å²) in [7, 11) is 6.67. The Balaban J connectivity index is 3.64. The summed E-state index contributed by atoms with van der Waals surface area (Å²) in [4.78, 5) is 2.34. The average Bonchev–Trinajstić information content (AvgIpc) is 1.87. The van der Waals surface area contributed by atoms with E-state index in [1.807, 2.05) is 0 Å². The maximum absolute atomic E-state index is 2.34. The highest BCUT2D eigenvalue weighted by Gasteiger charge is 2.12. The lowest BCUT2D eigenvalue weighted by molar-refractivity contribution is -0.898. The first-order chi connectivity index (χ1) is 4.52. The second-order valence-corrected chi connectivity index (χ2v) is 3.57. The molecular weight excluding hydrogens is 124 g/mol. The van der Waals surface area contributed by atoms with Crippen molar-refractivity contribution >= 4 is 0 Å². The molecule has 0 N–H and O–H groups in total. The predicted molar refractivity (Wildman–Crippen MR) is 45.8 cm³/mol. The Labute approximate surface area is 65.0 Å². The normalized spacial score (nSPS) is 12.6. The van der Waals surface area contributed by atoms with Crippen LogP contribution in [0, 0.1) is 0 Å². The molecule has 0 saturated heterocycles. The van der Waals surface area contributed by atoms with E-state index in [0.717, 1.165) is 17.7 Å². The van der Waals surface area contributed by atoms with Gasteiger partial charge in [-0.25, -0.2) is 0 Å². The summed E-state index contributed by atoms with van der Waals surface area (Å²) in [5.74, 6) is 0. The van der Waals surface area contributed by atoms with Gasteiger partial charge in [-0.2, -0.15) is 0 Å². The number of quaternary nitrogens is 1. The van der Waals surface area contributed by atoms with Crippen molar-refractivity contribution < 1.29 is 4.48 Å². The molecule has 0 fully saturated rings. The fraction of sp³-hybridized carbons (Fsp3) is 1.00. The predicted octanol–water partition coefficient (Wildman–Crippen LogP) is 0.992. The Morgan fingerprint density at radius 2 is 1.70 bits per heavy atom. The van der Waals surface area contributed by atoms with Crippen molar-refractivity contribution in [3.8, 4) is 0 Å². The molecular formula is C8H21N2+. The fourth-order valence-corrected chi connectivity index (χ4v) is 0.854. The van der Waals surface area contributed by atoms with Gasteiger partial charge in [0.05, 0.1) is 20.6 Å². The highest BCUT2D eigenvalue weighted by Crippen LogP contribution is 1.96. The largest absolute Gasteiger partial charge is 0.316 e. The summed E-state index contributed by atoms with van der Waals surface area (Å²) >= 11 is 0. The van der Waals surface area contributed by atoms with Crippen molar-refractivity contribution in [3.63, 3.8) is 0 Å². The van der Waals surface area contributed by atoms with E-state index < -0.39 is 0 Å². The second-order valence-electron chi connectivity index (χ2n) is 3.57. The van der Waals surface area contributed by atoms with E-state index in [1.54, 1.807) is 0 Å². The van der Waals surface area contributed by atoms with Crippen molar-refractivity contribution in [1.29, 1.82) is 0 Å². The molecule has 0 heterocycles. The van der Waals surface area contributed by atoms with Crippen LogP contribution in [0.5, 0.6) is 0 Å². The van der Waals surface area contributed by atoms with Crippen molar-refractivity contribution in [1.82, 2.24) is 4.90 Å². The van der Waals surface area contributed by atoms with E-state index in [2.05, 4.69) is 39.9 Å². The Hall–Kier alpha value is -0.0800. The number of nitrogens with zero attached hydrogens (tertiary/aromatic N) is 2. The summed E-state index contributed by atoms with van der Waals surface area (Å²) in [5.41, 5.74) is 0. The fourth-order valence-electron chi connectivity index (χ4n) is 0.854. The molecule has 62 valence electrons. The van der Waals surface area contributed by atoms with Crippen LogP contribution in [0.4, 0.5) is 0 Å². The maximum atomic E-state index is 2.34. The summed E-state index contributed by atoms with van der Waals surface area (Å²) in [5, 5.41) is 0. The summed E-state index contributed by atoms with van der Waals surface area (Å²) in [6, 6.07) is 0. The lowest BCUT2D eigenvalue weighted by atomic mass is 10.5. The van der Waals surface area contributed by atoms with Crippen molar-refractivity contribution in [2.24, 2.45) is 0 Å². The molecule has 0 amide bonds. The Morgan fingerprint density at radius 3 is 2.00 bits per heavy atom. The molecule has 0 aromatic carbocycles. The van der Waals surface area contributed by atoms with Crippen LogP contribution in [0.25, 0.3) is 0 Å². The van der Waals surface area contributed by atoms with Crippen LogP contribution < -0.4 is 0 Å². The summed E-state index contributed by atoms with van der Waals surface area (Å²) in [6.45, 7) is 7.90. The molecule has 0 atom stereocenters. The van der Waals surface area contributed by atoms with Crippen LogP contribution in [0.2, 0.25) is 0 Å². The Kier molecular flexibility index (Phi) is 3.91. The average molecular weight is 145 g/mol. The van der Waals surface area contributed by atoms with Gasteiger partial charge in [-0.05, 0) is 14.0 Å². The van der Waals surface area contributed by atoms with Gasteiger partial charge in [0, 0.05) is 6.54 Å². The van der Waals surface area contributed by atoms with Crippen molar-refractivity contribution in [3.05, 3.63) is 0 Å². The van der Waals surface area contributed by atoms with E-state index in [9.17, 15) is 0 Å². The molecule has 0 rings (SSSR count). The first-order valence-corrected chi connectivity index (χ1v) is 4.02. The third kappa shape index (κ3) is 3.85. The zero-order chi connectivity index (χ0) is 8.20. The van der Waals surface area contributed by atoms with Gasteiger partial charge in [-0.15, -0.1) is 0 Å². The van der Waals surface area contributed by atoms with Gasteiger partial charge in [-0.3, -0.25) is 4.90 Å². The van der Waals surface area contributed by atoms with Crippen LogP contribution in [0.15, 0.2) is 0 Å². The minimum Gasteiger partial charge on any atom is -0.316 e. The molecule has 0 spiro atoms. The molecule has 0 aliphatic carbocycles. The quantitative estimate of drug-likeness (QED) is 0.421. The molecule has 0 aromatic rings. The number of hydrogen-bond donors (Lipinski definition) is 0. The van der Waals surface area contributed by atoms with E-state index in [-0.39, 0.29) is 0 Å². The Bertz CT molecular complexity index is 89.3. The van der Waals surface area contributed by atoms with Crippen LogP contribution in [-0.4, -0.2) is 50.3 Å². The SMILES string of the molecule is CCN(C)C[N+](C)(C)CC. The Morgan fingerprint density at radius 1 is 1.20 bits per heavy atom. The lowest BCUT2D eigenvalue weighted by Crippen LogP contribution is -2.46. The van der Waals surface area contributed by atoms with Gasteiger partial charge in [0.1, 0.15) is 6.67 Å². The van der Waals surface area contributed by atoms with Crippen LogP contribution in [-0.2, 0) is 0 Å². The van der Waals surface area contributed by atoms with E-state index >= 15 is 0 Å². The zero-order valence-electron chi connectivity index (χ0n) is 8.02. The van der Waals surface area contributed by atoms with Gasteiger partial charge >= 0.3 is 0 Å². The van der Waals surface area contributed by atoms with Crippen LogP contribution >= 0.6 is 0 Å². The molecule has 0 saturated carbocycles. The molecule has 0 bridgehead atoms. The molecule has 0 unspecified atom stereocenters. The monoisotopic (exact) mass is 145 g/mol. The van der Waals surface area contributed by atoms with Gasteiger partial charge in [0.25, 0.3) is 0 Å². The second kappa shape index (κ2) is 3.94. The molecule has 2 nitrogen and oxygen atoms in total. The van der Waals surface area contributed by atoms with Crippen LogP contribution in [0.3, 0.4) is 0 Å². The maximum Gasteiger partial charge on any atom is 0.134 e. The highest BCUT2D eigenvalue weighted by atomic mass is 15.4. The molecule has 2 heteroatoms. The molecule has 0 radical (unpaired) electrons. The topological polar surface area (TPSA) is 3.24 Å². The lowest BCUT2D eigenvalue weighted by Gasteiger charge is -2.32. The van der Waals surface area contributed by atoms with Gasteiger partial charge in [0.15, 0.2) is 0 Å².